The third-order valence-corrected chi connectivity index (χ3v) is 3.17. The Morgan fingerprint density at radius 3 is 2.46 bits per heavy atom. The highest BCUT2D eigenvalue weighted by atomic mass is 16.6. The largest absolute Gasteiger partial charge is 0.444 e. The Hall–Kier alpha value is -2.12. The van der Waals surface area contributed by atoms with Gasteiger partial charge in [0.05, 0.1) is 17.9 Å². The number of hydrogen-bond acceptors (Lipinski definition) is 5. The summed E-state index contributed by atoms with van der Waals surface area (Å²) in [5, 5.41) is 5.37. The van der Waals surface area contributed by atoms with Crippen LogP contribution in [0.3, 0.4) is 0 Å². The molecule has 1 aromatic rings. The van der Waals surface area contributed by atoms with E-state index in [9.17, 15) is 9.59 Å². The van der Waals surface area contributed by atoms with Gasteiger partial charge in [0.1, 0.15) is 5.60 Å². The first kappa shape index (κ1) is 19.9. The first-order valence-corrected chi connectivity index (χ1v) is 7.78. The van der Waals surface area contributed by atoms with E-state index in [1.807, 2.05) is 6.92 Å². The molecule has 0 unspecified atom stereocenters. The van der Waals surface area contributed by atoms with Crippen LogP contribution >= 0.6 is 0 Å². The van der Waals surface area contributed by atoms with Gasteiger partial charge in [0.25, 0.3) is 5.91 Å². The van der Waals surface area contributed by atoms with Crippen molar-refractivity contribution in [1.29, 1.82) is 0 Å². The zero-order valence-corrected chi connectivity index (χ0v) is 15.0. The fraction of sp³-hybridized carbons (Fsp3) is 0.529. The molecule has 0 aliphatic heterocycles. The molecule has 134 valence electrons. The number of carbonyl (C=O) groups excluding carboxylic acids is 2. The predicted molar refractivity (Wildman–Crippen MR) is 93.1 cm³/mol. The lowest BCUT2D eigenvalue weighted by molar-refractivity contribution is 0.0636. The number of anilines is 1. The molecule has 0 atom stereocenters. The highest BCUT2D eigenvalue weighted by Gasteiger charge is 2.20. The summed E-state index contributed by atoms with van der Waals surface area (Å²) in [6, 6.07) is 3.40. The van der Waals surface area contributed by atoms with Crippen molar-refractivity contribution in [2.45, 2.75) is 39.8 Å². The molecule has 0 bridgehead atoms. The second kappa shape index (κ2) is 8.65. The molecule has 7 nitrogen and oxygen atoms in total. The van der Waals surface area contributed by atoms with Crippen LogP contribution in [0.25, 0.3) is 0 Å². The molecule has 0 aliphatic rings. The smallest absolute Gasteiger partial charge is 0.412 e. The Labute approximate surface area is 142 Å². The van der Waals surface area contributed by atoms with Crippen molar-refractivity contribution in [2.24, 2.45) is 5.73 Å². The number of aryl methyl sites for hydroxylation is 1. The van der Waals surface area contributed by atoms with Gasteiger partial charge in [-0.05, 0) is 51.0 Å². The number of amides is 2. The lowest BCUT2D eigenvalue weighted by Gasteiger charge is -2.21. The quantitative estimate of drug-likeness (QED) is 0.690. The van der Waals surface area contributed by atoms with E-state index in [1.54, 1.807) is 40.0 Å². The number of methoxy groups -OCH3 is 1. The molecule has 7 heteroatoms. The topological polar surface area (TPSA) is 103 Å². The first-order valence-electron chi connectivity index (χ1n) is 7.78. The summed E-state index contributed by atoms with van der Waals surface area (Å²) >= 11 is 0. The fourth-order valence-corrected chi connectivity index (χ4v) is 2.04. The molecule has 0 heterocycles. The zero-order valence-electron chi connectivity index (χ0n) is 15.0. The van der Waals surface area contributed by atoms with E-state index in [1.165, 1.54) is 0 Å². The normalized spacial score (nSPS) is 11.1. The molecule has 0 aliphatic carbocycles. The second-order valence-corrected chi connectivity index (χ2v) is 6.40. The summed E-state index contributed by atoms with van der Waals surface area (Å²) in [4.78, 5) is 24.4. The number of nitrogens with one attached hydrogen (secondary N) is 2. The third-order valence-electron chi connectivity index (χ3n) is 3.17. The number of ether oxygens (including phenoxy) is 2. The van der Waals surface area contributed by atoms with Crippen molar-refractivity contribution in [1.82, 2.24) is 5.32 Å². The van der Waals surface area contributed by atoms with Crippen LogP contribution in [0.2, 0.25) is 0 Å². The van der Waals surface area contributed by atoms with Crippen LogP contribution in [0.5, 0.6) is 0 Å². The van der Waals surface area contributed by atoms with Crippen LogP contribution in [-0.4, -0.2) is 37.9 Å². The molecule has 1 aromatic carbocycles. The minimum Gasteiger partial charge on any atom is -0.444 e. The third kappa shape index (κ3) is 6.17. The van der Waals surface area contributed by atoms with Gasteiger partial charge in [0.15, 0.2) is 0 Å². The molecular formula is C17H27N3O4. The fourth-order valence-electron chi connectivity index (χ4n) is 2.04. The van der Waals surface area contributed by atoms with E-state index in [0.29, 0.717) is 30.9 Å². The van der Waals surface area contributed by atoms with Crippen LogP contribution < -0.4 is 16.4 Å². The lowest BCUT2D eigenvalue weighted by Crippen LogP contribution is -2.30. The molecule has 4 N–H and O–H groups in total. The minimum absolute atomic E-state index is 0.302. The van der Waals surface area contributed by atoms with Gasteiger partial charge in [-0.3, -0.25) is 10.1 Å². The highest BCUT2D eigenvalue weighted by molar-refractivity contribution is 6.03. The Bertz CT molecular complexity index is 594. The highest BCUT2D eigenvalue weighted by Crippen LogP contribution is 2.22. The molecule has 0 saturated heterocycles. The van der Waals surface area contributed by atoms with Crippen LogP contribution in [0.1, 0.15) is 42.3 Å². The molecular weight excluding hydrogens is 310 g/mol. The van der Waals surface area contributed by atoms with Crippen molar-refractivity contribution >= 4 is 17.7 Å². The Morgan fingerprint density at radius 1 is 1.25 bits per heavy atom. The van der Waals surface area contributed by atoms with Gasteiger partial charge >= 0.3 is 6.09 Å². The maximum Gasteiger partial charge on any atom is 0.412 e. The maximum absolute atomic E-state index is 12.4. The van der Waals surface area contributed by atoms with E-state index in [0.717, 1.165) is 11.1 Å². The number of rotatable bonds is 6. The monoisotopic (exact) mass is 337 g/mol. The molecule has 1 rings (SSSR count). The molecule has 0 spiro atoms. The Balaban J connectivity index is 3.06. The van der Waals surface area contributed by atoms with Gasteiger partial charge in [0, 0.05) is 20.2 Å². The Morgan fingerprint density at radius 2 is 1.92 bits per heavy atom. The van der Waals surface area contributed by atoms with Crippen LogP contribution in [-0.2, 0) is 16.0 Å². The standard InChI is InChI=1S/C17H27N3O4/c1-11-8-14(20-16(22)24-17(2,3)4)13(9-12(11)10-18)15(21)19-6-7-23-5/h8-9H,6-7,10,18H2,1-5H3,(H,19,21)(H,20,22). The van der Waals surface area contributed by atoms with Gasteiger partial charge < -0.3 is 20.5 Å². The van der Waals surface area contributed by atoms with Crippen LogP contribution in [0.4, 0.5) is 10.5 Å². The number of carbonyl (C=O) groups is 2. The van der Waals surface area contributed by atoms with Gasteiger partial charge in [-0.15, -0.1) is 0 Å². The van der Waals surface area contributed by atoms with Crippen LogP contribution in [0, 0.1) is 6.92 Å². The summed E-state index contributed by atoms with van der Waals surface area (Å²) in [6.07, 6.45) is -0.617. The van der Waals surface area contributed by atoms with E-state index in [2.05, 4.69) is 10.6 Å². The van der Waals surface area contributed by atoms with Gasteiger partial charge in [0.2, 0.25) is 0 Å². The van der Waals surface area contributed by atoms with Gasteiger partial charge in [-0.2, -0.15) is 0 Å². The molecule has 0 fully saturated rings. The molecule has 2 amide bonds. The summed E-state index contributed by atoms with van der Waals surface area (Å²) < 4.78 is 10.2. The maximum atomic E-state index is 12.4. The minimum atomic E-state index is -0.628. The summed E-state index contributed by atoms with van der Waals surface area (Å²) in [7, 11) is 1.56. The summed E-state index contributed by atoms with van der Waals surface area (Å²) in [5.41, 5.74) is 7.52. The lowest BCUT2D eigenvalue weighted by atomic mass is 10.0. The Kier molecular flexibility index (Phi) is 7.18. The van der Waals surface area contributed by atoms with Gasteiger partial charge in [-0.1, -0.05) is 0 Å². The van der Waals surface area contributed by atoms with Gasteiger partial charge in [-0.25, -0.2) is 4.79 Å². The number of nitrogens with two attached hydrogens (primary N) is 1. The van der Waals surface area contributed by atoms with Crippen molar-refractivity contribution in [3.63, 3.8) is 0 Å². The first-order chi connectivity index (χ1) is 11.2. The second-order valence-electron chi connectivity index (χ2n) is 6.40. The predicted octanol–water partition coefficient (Wildman–Crippen LogP) is 2.18. The van der Waals surface area contributed by atoms with Crippen molar-refractivity contribution in [2.75, 3.05) is 25.6 Å². The van der Waals surface area contributed by atoms with Crippen molar-refractivity contribution < 1.29 is 19.1 Å². The number of benzene rings is 1. The molecule has 0 aromatic heterocycles. The summed E-state index contributed by atoms with van der Waals surface area (Å²) in [6.45, 7) is 8.25. The van der Waals surface area contributed by atoms with Crippen LogP contribution in [0.15, 0.2) is 12.1 Å². The summed E-state index contributed by atoms with van der Waals surface area (Å²) in [5.74, 6) is -0.312. The average Bonchev–Trinajstić information content (AvgIpc) is 2.45. The molecule has 0 saturated carbocycles. The van der Waals surface area contributed by atoms with E-state index < -0.39 is 11.7 Å². The van der Waals surface area contributed by atoms with Crippen molar-refractivity contribution in [3.05, 3.63) is 28.8 Å². The molecule has 24 heavy (non-hydrogen) atoms. The van der Waals surface area contributed by atoms with E-state index in [4.69, 9.17) is 15.2 Å². The number of hydrogen-bond donors (Lipinski definition) is 3. The SMILES string of the molecule is COCCNC(=O)c1cc(CN)c(C)cc1NC(=O)OC(C)(C)C. The van der Waals surface area contributed by atoms with E-state index >= 15 is 0 Å². The van der Waals surface area contributed by atoms with Crippen molar-refractivity contribution in [3.8, 4) is 0 Å². The zero-order chi connectivity index (χ0) is 18.3. The average molecular weight is 337 g/mol. The molecule has 0 radical (unpaired) electrons. The van der Waals surface area contributed by atoms with E-state index in [-0.39, 0.29) is 5.91 Å².